The first-order chi connectivity index (χ1) is 19.3. The highest BCUT2D eigenvalue weighted by molar-refractivity contribution is 5.99. The van der Waals surface area contributed by atoms with Gasteiger partial charge >= 0.3 is 12.1 Å². The van der Waals surface area contributed by atoms with Gasteiger partial charge < -0.3 is 19.6 Å². The number of halogens is 6. The molecule has 218 valence electrons. The molecule has 2 aliphatic rings. The molecule has 0 spiro atoms. The van der Waals surface area contributed by atoms with Gasteiger partial charge in [0.05, 0.1) is 17.6 Å². The normalized spacial score (nSPS) is 18.6. The zero-order chi connectivity index (χ0) is 29.9. The van der Waals surface area contributed by atoms with Crippen LogP contribution in [-0.4, -0.2) is 70.6 Å². The molecule has 0 radical (unpaired) electrons. The molecule has 1 unspecified atom stereocenters. The second-order valence-electron chi connectivity index (χ2n) is 9.33. The molecule has 14 heteroatoms. The Morgan fingerprint density at radius 3 is 2.41 bits per heavy atom. The molecule has 8 nitrogen and oxygen atoms in total. The summed E-state index contributed by atoms with van der Waals surface area (Å²) in [7, 11) is 0. The van der Waals surface area contributed by atoms with Gasteiger partial charge in [0.15, 0.2) is 6.10 Å². The predicted octanol–water partition coefficient (Wildman–Crippen LogP) is 5.06. The molecule has 2 amide bonds. The van der Waals surface area contributed by atoms with Gasteiger partial charge in [-0.05, 0) is 36.8 Å². The number of alkyl halides is 5. The minimum atomic E-state index is -5.08. The summed E-state index contributed by atoms with van der Waals surface area (Å²) < 4.78 is 81.2. The Balaban J connectivity index is 0.000000493. The number of aliphatic carboxylic acids is 1. The minimum Gasteiger partial charge on any atom is -0.475 e. The topological polar surface area (TPSA) is 100 Å². The van der Waals surface area contributed by atoms with E-state index >= 15 is 0 Å². The number of likely N-dealkylation sites (tertiary alicyclic amines) is 1. The summed E-state index contributed by atoms with van der Waals surface area (Å²) in [5.74, 6) is -7.51. The second kappa shape index (κ2) is 11.6. The molecule has 1 N–H and O–H groups in total. The van der Waals surface area contributed by atoms with Crippen molar-refractivity contribution in [2.24, 2.45) is 0 Å². The number of pyridine rings is 1. The number of piperidine rings is 1. The van der Waals surface area contributed by atoms with Crippen LogP contribution in [0.15, 0.2) is 54.6 Å². The Bertz CT molecular complexity index is 1460. The molecular weight excluding hydrogens is 560 g/mol. The van der Waals surface area contributed by atoms with Crippen molar-refractivity contribution in [3.8, 4) is 5.88 Å². The van der Waals surface area contributed by atoms with Gasteiger partial charge in [-0.2, -0.15) is 13.2 Å². The molecule has 2 saturated heterocycles. The number of rotatable bonds is 4. The zero-order valence-corrected chi connectivity index (χ0v) is 21.2. The van der Waals surface area contributed by atoms with Crippen LogP contribution in [-0.2, 0) is 9.59 Å². The lowest BCUT2D eigenvalue weighted by Crippen LogP contribution is -2.55. The van der Waals surface area contributed by atoms with E-state index in [0.717, 1.165) is 16.4 Å². The molecular formula is C27H23F6N3O5. The van der Waals surface area contributed by atoms with Crippen LogP contribution in [0.2, 0.25) is 0 Å². The lowest BCUT2D eigenvalue weighted by molar-refractivity contribution is -0.192. The number of carbonyl (C=O) groups excluding carboxylic acids is 2. The maximum atomic E-state index is 14.7. The maximum absolute atomic E-state index is 14.7. The van der Waals surface area contributed by atoms with Crippen LogP contribution in [0.4, 0.5) is 32.0 Å². The maximum Gasteiger partial charge on any atom is 0.490 e. The molecule has 2 aliphatic heterocycles. The Labute approximate surface area is 229 Å². The number of anilines is 1. The molecule has 0 saturated carbocycles. The van der Waals surface area contributed by atoms with Crippen LogP contribution in [0, 0.1) is 5.82 Å². The molecule has 41 heavy (non-hydrogen) atoms. The third-order valence-corrected chi connectivity index (χ3v) is 6.50. The van der Waals surface area contributed by atoms with Crippen molar-refractivity contribution in [1.29, 1.82) is 0 Å². The van der Waals surface area contributed by atoms with Gasteiger partial charge in [0.1, 0.15) is 5.82 Å². The van der Waals surface area contributed by atoms with Crippen molar-refractivity contribution in [3.05, 3.63) is 66.0 Å². The lowest BCUT2D eigenvalue weighted by Gasteiger charge is -2.38. The average molecular weight is 583 g/mol. The van der Waals surface area contributed by atoms with E-state index in [-0.39, 0.29) is 23.9 Å². The molecule has 0 aliphatic carbocycles. The Morgan fingerprint density at radius 2 is 1.76 bits per heavy atom. The smallest absolute Gasteiger partial charge is 0.475 e. The van der Waals surface area contributed by atoms with E-state index in [1.54, 1.807) is 18.2 Å². The number of carbonyl (C=O) groups is 3. The predicted molar refractivity (Wildman–Crippen MR) is 133 cm³/mol. The quantitative estimate of drug-likeness (QED) is 0.431. The van der Waals surface area contributed by atoms with E-state index in [9.17, 15) is 35.9 Å². The number of aromatic nitrogens is 1. The zero-order valence-electron chi connectivity index (χ0n) is 21.2. The van der Waals surface area contributed by atoms with Crippen molar-refractivity contribution in [2.45, 2.75) is 37.5 Å². The van der Waals surface area contributed by atoms with Gasteiger partial charge in [0, 0.05) is 43.1 Å². The second-order valence-corrected chi connectivity index (χ2v) is 9.33. The van der Waals surface area contributed by atoms with Crippen LogP contribution < -0.4 is 9.64 Å². The third-order valence-electron chi connectivity index (χ3n) is 6.50. The number of carboxylic acids is 1. The molecule has 0 bridgehead atoms. The molecule has 3 heterocycles. The summed E-state index contributed by atoms with van der Waals surface area (Å²) in [6.07, 6.45) is -6.26. The first-order valence-corrected chi connectivity index (χ1v) is 12.4. The number of amides is 2. The number of fused-ring (bicyclic) bond motifs is 1. The van der Waals surface area contributed by atoms with E-state index < -0.39 is 48.9 Å². The highest BCUT2D eigenvalue weighted by Gasteiger charge is 2.47. The summed E-state index contributed by atoms with van der Waals surface area (Å²) in [6.45, 7) is -0.182. The fourth-order valence-corrected chi connectivity index (χ4v) is 4.37. The van der Waals surface area contributed by atoms with Crippen LogP contribution >= 0.6 is 0 Å². The number of ether oxygens (including phenoxy) is 1. The van der Waals surface area contributed by atoms with Gasteiger partial charge in [0.2, 0.25) is 11.8 Å². The standard InChI is InChI=1S/C25H22F3N3O3.C2HF3O2/c26-19-9-8-17(31-12-3-6-23(31)32)14-18(19)24(33)30-13-11-25(27,28)21(15-30)34-22-10-7-16-4-1-2-5-20(16)29-22;3-2(4,5)1(6)7/h1-2,4-5,7-10,14,21H,3,6,11-13,15H2;(H,6,7). The lowest BCUT2D eigenvalue weighted by atomic mass is 10.0. The van der Waals surface area contributed by atoms with Crippen molar-refractivity contribution in [3.63, 3.8) is 0 Å². The van der Waals surface area contributed by atoms with Crippen LogP contribution in [0.25, 0.3) is 10.9 Å². The number of para-hydroxylation sites is 1. The fraction of sp³-hybridized carbons (Fsp3) is 0.333. The first kappa shape index (κ1) is 29.6. The van der Waals surface area contributed by atoms with Crippen LogP contribution in [0.3, 0.4) is 0 Å². The number of hydrogen-bond donors (Lipinski definition) is 1. The van der Waals surface area contributed by atoms with Crippen LogP contribution in [0.5, 0.6) is 5.88 Å². The van der Waals surface area contributed by atoms with Gasteiger partial charge in [0.25, 0.3) is 11.8 Å². The Kier molecular flexibility index (Phi) is 8.40. The van der Waals surface area contributed by atoms with Gasteiger partial charge in [-0.3, -0.25) is 9.59 Å². The fourth-order valence-electron chi connectivity index (χ4n) is 4.37. The van der Waals surface area contributed by atoms with E-state index in [1.165, 1.54) is 23.1 Å². The number of hydrogen-bond acceptors (Lipinski definition) is 5. The molecule has 2 fully saturated rings. The Morgan fingerprint density at radius 1 is 1.05 bits per heavy atom. The van der Waals surface area contributed by atoms with E-state index in [0.29, 0.717) is 30.6 Å². The highest BCUT2D eigenvalue weighted by Crippen LogP contribution is 2.33. The van der Waals surface area contributed by atoms with Gasteiger partial charge in [-0.15, -0.1) is 0 Å². The largest absolute Gasteiger partial charge is 0.490 e. The van der Waals surface area contributed by atoms with E-state index in [2.05, 4.69) is 4.98 Å². The van der Waals surface area contributed by atoms with Crippen LogP contribution in [0.1, 0.15) is 29.6 Å². The number of benzene rings is 2. The monoisotopic (exact) mass is 583 g/mol. The molecule has 3 aromatic rings. The summed E-state index contributed by atoms with van der Waals surface area (Å²) in [5.41, 5.74) is 0.759. The molecule has 2 aromatic carbocycles. The van der Waals surface area contributed by atoms with Gasteiger partial charge in [-0.25, -0.2) is 22.9 Å². The highest BCUT2D eigenvalue weighted by atomic mass is 19.4. The SMILES string of the molecule is O=C(O)C(F)(F)F.O=C(c1cc(N2CCCC2=O)ccc1F)N1CCC(F)(F)C(Oc2ccc3ccccc3n2)C1. The van der Waals surface area contributed by atoms with Crippen molar-refractivity contribution in [1.82, 2.24) is 9.88 Å². The first-order valence-electron chi connectivity index (χ1n) is 12.4. The summed E-state index contributed by atoms with van der Waals surface area (Å²) in [4.78, 5) is 41.0. The summed E-state index contributed by atoms with van der Waals surface area (Å²) in [6, 6.07) is 14.3. The molecule has 5 rings (SSSR count). The van der Waals surface area contributed by atoms with E-state index in [4.69, 9.17) is 14.6 Å². The number of nitrogens with zero attached hydrogens (tertiary/aromatic N) is 3. The van der Waals surface area contributed by atoms with Crippen molar-refractivity contribution in [2.75, 3.05) is 24.5 Å². The van der Waals surface area contributed by atoms with Gasteiger partial charge in [-0.1, -0.05) is 18.2 Å². The van der Waals surface area contributed by atoms with E-state index in [1.807, 2.05) is 12.1 Å². The molecule has 1 aromatic heterocycles. The third kappa shape index (κ3) is 6.87. The summed E-state index contributed by atoms with van der Waals surface area (Å²) >= 11 is 0. The average Bonchev–Trinajstić information content (AvgIpc) is 3.35. The molecule has 1 atom stereocenters. The summed E-state index contributed by atoms with van der Waals surface area (Å²) in [5, 5.41) is 7.97. The minimum absolute atomic E-state index is 0.0263. The number of carboxylic acid groups (broad SMARTS) is 1. The van der Waals surface area contributed by atoms with Crippen molar-refractivity contribution >= 4 is 34.4 Å². The van der Waals surface area contributed by atoms with Crippen molar-refractivity contribution < 1.29 is 50.6 Å². The Hall–Kier alpha value is -4.36.